The number of halogens is 1. The predicted octanol–water partition coefficient (Wildman–Crippen LogP) is 6.71. The lowest BCUT2D eigenvalue weighted by molar-refractivity contribution is 0.354. The van der Waals surface area contributed by atoms with E-state index in [9.17, 15) is 5.26 Å². The second kappa shape index (κ2) is 10.6. The smallest absolute Gasteiger partial charge is 0.161 e. The van der Waals surface area contributed by atoms with Crippen LogP contribution in [-0.2, 0) is 4.75 Å². The van der Waals surface area contributed by atoms with E-state index in [1.165, 1.54) is 5.56 Å². The molecule has 150 valence electrons. The van der Waals surface area contributed by atoms with Gasteiger partial charge in [-0.05, 0) is 56.5 Å². The molecule has 0 saturated heterocycles. The number of thioether (sulfide) groups is 1. The number of nitrogens with zero attached hydrogens (tertiary/aromatic N) is 1. The zero-order valence-electron chi connectivity index (χ0n) is 17.0. The van der Waals surface area contributed by atoms with Crippen LogP contribution in [0.25, 0.3) is 0 Å². The summed E-state index contributed by atoms with van der Waals surface area (Å²) in [7, 11) is 3.23. The Labute approximate surface area is 178 Å². The molecule has 0 bridgehead atoms. The van der Waals surface area contributed by atoms with Gasteiger partial charge in [-0.15, -0.1) is 11.6 Å². The van der Waals surface area contributed by atoms with Gasteiger partial charge >= 0.3 is 0 Å². The van der Waals surface area contributed by atoms with Crippen molar-refractivity contribution in [3.63, 3.8) is 0 Å². The van der Waals surface area contributed by atoms with Crippen LogP contribution in [0.1, 0.15) is 43.7 Å². The van der Waals surface area contributed by atoms with Crippen LogP contribution in [0.15, 0.2) is 47.4 Å². The van der Waals surface area contributed by atoms with Crippen LogP contribution in [0.5, 0.6) is 11.5 Å². The van der Waals surface area contributed by atoms with E-state index in [4.69, 9.17) is 21.1 Å². The standard InChI is InChI=1S/C23H28ClNO2S/c1-17-8-11-20(12-9-17)28-23(16-25,14-6-5-7-18(2)24)19-10-13-21(26-3)22(15-19)27-4/h8-13,15,18H,5-7,14H2,1-4H3. The van der Waals surface area contributed by atoms with Gasteiger partial charge in [-0.1, -0.05) is 48.4 Å². The molecule has 0 spiro atoms. The van der Waals surface area contributed by atoms with Crippen LogP contribution in [0.2, 0.25) is 0 Å². The number of unbranched alkanes of at least 4 members (excludes halogenated alkanes) is 1. The van der Waals surface area contributed by atoms with Gasteiger partial charge in [-0.3, -0.25) is 0 Å². The van der Waals surface area contributed by atoms with Crippen molar-refractivity contribution >= 4 is 23.4 Å². The van der Waals surface area contributed by atoms with E-state index < -0.39 is 4.75 Å². The average molecular weight is 418 g/mol. The summed E-state index contributed by atoms with van der Waals surface area (Å²) in [5, 5.41) is 10.4. The van der Waals surface area contributed by atoms with E-state index in [0.29, 0.717) is 11.5 Å². The summed E-state index contributed by atoms with van der Waals surface area (Å²) in [5.41, 5.74) is 2.13. The third-order valence-electron chi connectivity index (χ3n) is 4.72. The largest absolute Gasteiger partial charge is 0.493 e. The molecule has 0 amide bonds. The van der Waals surface area contributed by atoms with E-state index in [1.807, 2.05) is 25.1 Å². The maximum atomic E-state index is 10.3. The molecule has 2 rings (SSSR count). The number of ether oxygens (including phenoxy) is 2. The molecule has 0 radical (unpaired) electrons. The topological polar surface area (TPSA) is 42.2 Å². The molecule has 28 heavy (non-hydrogen) atoms. The minimum atomic E-state index is -0.704. The number of hydrogen-bond donors (Lipinski definition) is 0. The summed E-state index contributed by atoms with van der Waals surface area (Å²) in [6.45, 7) is 4.07. The first kappa shape index (κ1) is 22.5. The Kier molecular flexibility index (Phi) is 8.54. The molecule has 2 atom stereocenters. The highest BCUT2D eigenvalue weighted by Gasteiger charge is 2.34. The number of alkyl halides is 1. The van der Waals surface area contributed by atoms with Crippen LogP contribution in [-0.4, -0.2) is 19.6 Å². The van der Waals surface area contributed by atoms with Crippen molar-refractivity contribution in [1.29, 1.82) is 5.26 Å². The fourth-order valence-electron chi connectivity index (χ4n) is 3.09. The summed E-state index contributed by atoms with van der Waals surface area (Å²) in [4.78, 5) is 1.08. The molecule has 2 aromatic rings. The van der Waals surface area contributed by atoms with Crippen molar-refractivity contribution in [1.82, 2.24) is 0 Å². The molecule has 0 fully saturated rings. The van der Waals surface area contributed by atoms with Gasteiger partial charge in [0, 0.05) is 10.3 Å². The normalized spacial score (nSPS) is 14.0. The number of methoxy groups -OCH3 is 2. The van der Waals surface area contributed by atoms with Crippen molar-refractivity contribution in [2.45, 2.75) is 54.6 Å². The van der Waals surface area contributed by atoms with Gasteiger partial charge in [0.05, 0.1) is 20.3 Å². The van der Waals surface area contributed by atoms with E-state index in [2.05, 4.69) is 37.3 Å². The molecular weight excluding hydrogens is 390 g/mol. The lowest BCUT2D eigenvalue weighted by Gasteiger charge is -2.27. The number of aryl methyl sites for hydroxylation is 1. The first-order chi connectivity index (χ1) is 13.4. The second-order valence-electron chi connectivity index (χ2n) is 6.95. The van der Waals surface area contributed by atoms with E-state index in [1.54, 1.807) is 26.0 Å². The Hall–Kier alpha value is -1.83. The van der Waals surface area contributed by atoms with Crippen LogP contribution < -0.4 is 9.47 Å². The SMILES string of the molecule is COc1ccc(C(C#N)(CCCCC(C)Cl)Sc2ccc(C)cc2)cc1OC. The number of rotatable bonds is 10. The fourth-order valence-corrected chi connectivity index (χ4v) is 4.46. The van der Waals surface area contributed by atoms with Crippen LogP contribution in [0.4, 0.5) is 0 Å². The monoisotopic (exact) mass is 417 g/mol. The molecule has 0 heterocycles. The van der Waals surface area contributed by atoms with Crippen LogP contribution >= 0.6 is 23.4 Å². The molecule has 0 aromatic heterocycles. The van der Waals surface area contributed by atoms with Crippen molar-refractivity contribution in [3.8, 4) is 17.6 Å². The Morgan fingerprint density at radius 3 is 2.32 bits per heavy atom. The van der Waals surface area contributed by atoms with Crippen molar-refractivity contribution in [3.05, 3.63) is 53.6 Å². The molecule has 0 aliphatic carbocycles. The first-order valence-corrected chi connectivity index (χ1v) is 10.7. The van der Waals surface area contributed by atoms with E-state index >= 15 is 0 Å². The van der Waals surface area contributed by atoms with Crippen molar-refractivity contribution in [2.24, 2.45) is 0 Å². The summed E-state index contributed by atoms with van der Waals surface area (Å²) in [5.74, 6) is 1.30. The van der Waals surface area contributed by atoms with Crippen molar-refractivity contribution in [2.75, 3.05) is 14.2 Å². The third kappa shape index (κ3) is 5.83. The third-order valence-corrected chi connectivity index (χ3v) is 6.33. The lowest BCUT2D eigenvalue weighted by atomic mass is 9.92. The molecule has 5 heteroatoms. The van der Waals surface area contributed by atoms with Gasteiger partial charge in [0.2, 0.25) is 0 Å². The average Bonchev–Trinajstić information content (AvgIpc) is 2.71. The highest BCUT2D eigenvalue weighted by molar-refractivity contribution is 8.00. The first-order valence-electron chi connectivity index (χ1n) is 9.47. The second-order valence-corrected chi connectivity index (χ2v) is 9.07. The Morgan fingerprint density at radius 2 is 1.75 bits per heavy atom. The maximum Gasteiger partial charge on any atom is 0.161 e. The van der Waals surface area contributed by atoms with E-state index in [0.717, 1.165) is 36.1 Å². The molecule has 0 N–H and O–H groups in total. The summed E-state index contributed by atoms with van der Waals surface area (Å²) < 4.78 is 10.1. The minimum Gasteiger partial charge on any atom is -0.493 e. The van der Waals surface area contributed by atoms with Gasteiger partial charge in [0.25, 0.3) is 0 Å². The van der Waals surface area contributed by atoms with Crippen molar-refractivity contribution < 1.29 is 9.47 Å². The van der Waals surface area contributed by atoms with Crippen LogP contribution in [0.3, 0.4) is 0 Å². The summed E-state index contributed by atoms with van der Waals surface area (Å²) in [6, 6.07) is 16.7. The Balaban J connectivity index is 2.38. The molecule has 0 aliphatic rings. The highest BCUT2D eigenvalue weighted by atomic mass is 35.5. The number of hydrogen-bond acceptors (Lipinski definition) is 4. The highest BCUT2D eigenvalue weighted by Crippen LogP contribution is 2.47. The van der Waals surface area contributed by atoms with Gasteiger partial charge in [-0.2, -0.15) is 5.26 Å². The summed E-state index contributed by atoms with van der Waals surface area (Å²) in [6.07, 6.45) is 3.61. The van der Waals surface area contributed by atoms with Crippen LogP contribution in [0, 0.1) is 18.3 Å². The van der Waals surface area contributed by atoms with Gasteiger partial charge in [0.1, 0.15) is 4.75 Å². The molecule has 2 unspecified atom stereocenters. The maximum absolute atomic E-state index is 10.3. The van der Waals surface area contributed by atoms with Gasteiger partial charge in [-0.25, -0.2) is 0 Å². The molecule has 2 aromatic carbocycles. The zero-order valence-corrected chi connectivity index (χ0v) is 18.6. The Morgan fingerprint density at radius 1 is 1.07 bits per heavy atom. The number of benzene rings is 2. The lowest BCUT2D eigenvalue weighted by Crippen LogP contribution is -2.20. The molecular formula is C23H28ClNO2S. The zero-order chi connectivity index (χ0) is 20.6. The quantitative estimate of drug-likeness (QED) is 0.244. The van der Waals surface area contributed by atoms with Gasteiger partial charge in [0.15, 0.2) is 11.5 Å². The molecule has 0 aliphatic heterocycles. The minimum absolute atomic E-state index is 0.155. The Bertz CT molecular complexity index is 801. The van der Waals surface area contributed by atoms with Gasteiger partial charge < -0.3 is 9.47 Å². The van der Waals surface area contributed by atoms with E-state index in [-0.39, 0.29) is 5.38 Å². The summed E-state index contributed by atoms with van der Waals surface area (Å²) >= 11 is 7.69. The predicted molar refractivity (Wildman–Crippen MR) is 118 cm³/mol. The molecule has 0 saturated carbocycles. The number of nitriles is 1. The molecule has 3 nitrogen and oxygen atoms in total. The fraction of sp³-hybridized carbons (Fsp3) is 0.435.